The van der Waals surface area contributed by atoms with Crippen LogP contribution in [0.4, 0.5) is 0 Å². The summed E-state index contributed by atoms with van der Waals surface area (Å²) in [5.74, 6) is -0.251. The molecule has 2 saturated heterocycles. The zero-order valence-electron chi connectivity index (χ0n) is 8.62. The maximum atomic E-state index is 11.8. The van der Waals surface area contributed by atoms with E-state index < -0.39 is 0 Å². The number of hydrogen-bond donors (Lipinski definition) is 1. The fourth-order valence-electron chi connectivity index (χ4n) is 2.19. The Morgan fingerprint density at radius 3 is 2.21 bits per heavy atom. The Balaban J connectivity index is 2.18. The van der Waals surface area contributed by atoms with Crippen LogP contribution < -0.4 is 5.32 Å². The minimum atomic E-state index is -0.136. The lowest BCUT2D eigenvalue weighted by atomic mass is 10.00. The van der Waals surface area contributed by atoms with Gasteiger partial charge in [-0.1, -0.05) is 13.8 Å². The van der Waals surface area contributed by atoms with Crippen molar-refractivity contribution in [2.24, 2.45) is 11.8 Å². The van der Waals surface area contributed by atoms with Crippen LogP contribution in [0.2, 0.25) is 0 Å². The molecule has 4 heteroatoms. The highest BCUT2D eigenvalue weighted by atomic mass is 16.2. The van der Waals surface area contributed by atoms with E-state index in [1.165, 1.54) is 4.90 Å². The summed E-state index contributed by atoms with van der Waals surface area (Å²) in [7, 11) is 0. The highest BCUT2D eigenvalue weighted by Crippen LogP contribution is 2.28. The van der Waals surface area contributed by atoms with E-state index in [1.54, 1.807) is 0 Å². The summed E-state index contributed by atoms with van der Waals surface area (Å²) in [6.07, 6.45) is 0.900. The third-order valence-electron chi connectivity index (χ3n) is 3.40. The number of nitrogens with one attached hydrogen (secondary N) is 1. The van der Waals surface area contributed by atoms with E-state index in [4.69, 9.17) is 0 Å². The molecule has 0 saturated carbocycles. The monoisotopic (exact) mass is 196 g/mol. The van der Waals surface area contributed by atoms with E-state index in [1.807, 2.05) is 13.8 Å². The molecule has 2 heterocycles. The minimum absolute atomic E-state index is 0.0104. The van der Waals surface area contributed by atoms with E-state index in [2.05, 4.69) is 5.32 Å². The Morgan fingerprint density at radius 2 is 1.79 bits per heavy atom. The van der Waals surface area contributed by atoms with Crippen LogP contribution in [0.3, 0.4) is 0 Å². The molecule has 2 aliphatic heterocycles. The third-order valence-corrected chi connectivity index (χ3v) is 3.40. The molecule has 2 rings (SSSR count). The molecular weight excluding hydrogens is 180 g/mol. The largest absolute Gasteiger partial charge is 0.315 e. The van der Waals surface area contributed by atoms with Gasteiger partial charge in [0.1, 0.15) is 0 Å². The fraction of sp³-hybridized carbons (Fsp3) is 0.800. The van der Waals surface area contributed by atoms with Crippen molar-refractivity contribution in [1.82, 2.24) is 10.2 Å². The van der Waals surface area contributed by atoms with Gasteiger partial charge in [0.15, 0.2) is 0 Å². The topological polar surface area (TPSA) is 49.4 Å². The van der Waals surface area contributed by atoms with Crippen molar-refractivity contribution in [3.63, 3.8) is 0 Å². The molecule has 2 aliphatic rings. The van der Waals surface area contributed by atoms with Crippen LogP contribution in [-0.4, -0.2) is 35.8 Å². The average Bonchev–Trinajstić information content (AvgIpc) is 2.73. The lowest BCUT2D eigenvalue weighted by Gasteiger charge is -2.21. The van der Waals surface area contributed by atoms with Crippen LogP contribution >= 0.6 is 0 Å². The second-order valence-corrected chi connectivity index (χ2v) is 4.27. The molecule has 3 atom stereocenters. The van der Waals surface area contributed by atoms with Crippen LogP contribution in [0.1, 0.15) is 20.3 Å². The zero-order chi connectivity index (χ0) is 10.3. The van der Waals surface area contributed by atoms with Crippen molar-refractivity contribution in [3.05, 3.63) is 0 Å². The first-order valence-corrected chi connectivity index (χ1v) is 5.20. The smallest absolute Gasteiger partial charge is 0.233 e. The number of carbonyl (C=O) groups excluding carboxylic acids is 2. The standard InChI is InChI=1S/C10H16N2O2/c1-6-7(2)10(14)12(9(6)13)8-3-4-11-5-8/h6-8,11H,3-5H2,1-2H3. The van der Waals surface area contributed by atoms with Crippen molar-refractivity contribution in [3.8, 4) is 0 Å². The lowest BCUT2D eigenvalue weighted by Crippen LogP contribution is -2.41. The number of imide groups is 1. The first kappa shape index (κ1) is 9.65. The molecule has 0 aromatic rings. The minimum Gasteiger partial charge on any atom is -0.315 e. The van der Waals surface area contributed by atoms with Crippen LogP contribution in [0, 0.1) is 11.8 Å². The number of amides is 2. The molecule has 0 aromatic carbocycles. The summed E-state index contributed by atoms with van der Waals surface area (Å²) in [6.45, 7) is 5.35. The van der Waals surface area contributed by atoms with E-state index in [0.717, 1.165) is 19.5 Å². The highest BCUT2D eigenvalue weighted by Gasteiger charge is 2.45. The van der Waals surface area contributed by atoms with Crippen molar-refractivity contribution >= 4 is 11.8 Å². The lowest BCUT2D eigenvalue weighted by molar-refractivity contribution is -0.142. The van der Waals surface area contributed by atoms with Gasteiger partial charge in [-0.3, -0.25) is 14.5 Å². The molecular formula is C10H16N2O2. The summed E-state index contributed by atoms with van der Waals surface area (Å²) < 4.78 is 0. The maximum absolute atomic E-state index is 11.8. The Labute approximate surface area is 83.6 Å². The SMILES string of the molecule is CC1C(=O)N(C2CCNC2)C(=O)C1C. The normalized spacial score (nSPS) is 38.4. The van der Waals surface area contributed by atoms with Gasteiger partial charge in [-0.2, -0.15) is 0 Å². The second kappa shape index (κ2) is 3.35. The number of nitrogens with zero attached hydrogens (tertiary/aromatic N) is 1. The second-order valence-electron chi connectivity index (χ2n) is 4.27. The molecule has 14 heavy (non-hydrogen) atoms. The van der Waals surface area contributed by atoms with E-state index in [0.29, 0.717) is 0 Å². The fourth-order valence-corrected chi connectivity index (χ4v) is 2.19. The van der Waals surface area contributed by atoms with Gasteiger partial charge in [0.2, 0.25) is 11.8 Å². The Bertz CT molecular complexity index is 251. The molecule has 78 valence electrons. The first-order valence-electron chi connectivity index (χ1n) is 5.20. The Hall–Kier alpha value is -0.900. The molecule has 1 N–H and O–H groups in total. The summed E-state index contributed by atoms with van der Waals surface area (Å²) in [4.78, 5) is 25.1. The Kier molecular flexibility index (Phi) is 2.31. The first-order chi connectivity index (χ1) is 6.63. The molecule has 2 amide bonds. The van der Waals surface area contributed by atoms with Crippen molar-refractivity contribution < 1.29 is 9.59 Å². The van der Waals surface area contributed by atoms with Crippen LogP contribution in [0.25, 0.3) is 0 Å². The average molecular weight is 196 g/mol. The van der Waals surface area contributed by atoms with Crippen LogP contribution in [-0.2, 0) is 9.59 Å². The summed E-state index contributed by atoms with van der Waals surface area (Å²) in [5, 5.41) is 3.17. The van der Waals surface area contributed by atoms with Gasteiger partial charge in [0.25, 0.3) is 0 Å². The van der Waals surface area contributed by atoms with E-state index in [-0.39, 0.29) is 29.7 Å². The van der Waals surface area contributed by atoms with Gasteiger partial charge in [-0.25, -0.2) is 0 Å². The molecule has 0 aliphatic carbocycles. The predicted molar refractivity (Wildman–Crippen MR) is 51.5 cm³/mol. The Morgan fingerprint density at radius 1 is 1.21 bits per heavy atom. The molecule has 0 spiro atoms. The summed E-state index contributed by atoms with van der Waals surface area (Å²) >= 11 is 0. The van der Waals surface area contributed by atoms with Gasteiger partial charge < -0.3 is 5.32 Å². The summed E-state index contributed by atoms with van der Waals surface area (Å²) in [5.41, 5.74) is 0. The molecule has 0 radical (unpaired) electrons. The number of hydrogen-bond acceptors (Lipinski definition) is 3. The predicted octanol–water partition coefficient (Wildman–Crippen LogP) is -0.0107. The van der Waals surface area contributed by atoms with Crippen molar-refractivity contribution in [1.29, 1.82) is 0 Å². The van der Waals surface area contributed by atoms with Crippen molar-refractivity contribution in [2.45, 2.75) is 26.3 Å². The van der Waals surface area contributed by atoms with E-state index in [9.17, 15) is 9.59 Å². The molecule has 4 nitrogen and oxygen atoms in total. The van der Waals surface area contributed by atoms with Gasteiger partial charge in [-0.15, -0.1) is 0 Å². The zero-order valence-corrected chi connectivity index (χ0v) is 8.62. The quantitative estimate of drug-likeness (QED) is 0.600. The van der Waals surface area contributed by atoms with Gasteiger partial charge in [0.05, 0.1) is 6.04 Å². The van der Waals surface area contributed by atoms with E-state index >= 15 is 0 Å². The van der Waals surface area contributed by atoms with Gasteiger partial charge in [0, 0.05) is 18.4 Å². The highest BCUT2D eigenvalue weighted by molar-refractivity contribution is 6.05. The van der Waals surface area contributed by atoms with Gasteiger partial charge in [-0.05, 0) is 13.0 Å². The van der Waals surface area contributed by atoms with Gasteiger partial charge >= 0.3 is 0 Å². The molecule has 3 unspecified atom stereocenters. The number of rotatable bonds is 1. The summed E-state index contributed by atoms with van der Waals surface area (Å²) in [6, 6.07) is 0.0994. The van der Waals surface area contributed by atoms with Crippen LogP contribution in [0.15, 0.2) is 0 Å². The third kappa shape index (κ3) is 1.25. The van der Waals surface area contributed by atoms with Crippen molar-refractivity contribution in [2.75, 3.05) is 13.1 Å². The molecule has 0 bridgehead atoms. The number of carbonyl (C=O) groups is 2. The van der Waals surface area contributed by atoms with Crippen LogP contribution in [0.5, 0.6) is 0 Å². The molecule has 2 fully saturated rings. The maximum Gasteiger partial charge on any atom is 0.233 e. The molecule has 0 aromatic heterocycles. The number of likely N-dealkylation sites (tertiary alicyclic amines) is 1.